The number of aromatic nitrogens is 1. The van der Waals surface area contributed by atoms with Crippen molar-refractivity contribution in [1.82, 2.24) is 10.1 Å². The third-order valence-electron chi connectivity index (χ3n) is 6.39. The summed E-state index contributed by atoms with van der Waals surface area (Å²) in [6.45, 7) is 7.67. The van der Waals surface area contributed by atoms with E-state index in [1.807, 2.05) is 18.2 Å². The molecule has 3 aromatic rings. The van der Waals surface area contributed by atoms with E-state index in [9.17, 15) is 4.79 Å². The van der Waals surface area contributed by atoms with Crippen LogP contribution >= 0.6 is 0 Å². The molecule has 0 radical (unpaired) electrons. The fraction of sp³-hybridized carbons (Fsp3) is 0.462. The highest BCUT2D eigenvalue weighted by Gasteiger charge is 2.25. The van der Waals surface area contributed by atoms with Gasteiger partial charge in [-0.15, -0.1) is 0 Å². The van der Waals surface area contributed by atoms with Crippen molar-refractivity contribution in [1.29, 1.82) is 0 Å². The topological polar surface area (TPSA) is 64.8 Å². The fourth-order valence-corrected chi connectivity index (χ4v) is 4.50. The quantitative estimate of drug-likeness (QED) is 0.423. The van der Waals surface area contributed by atoms with Gasteiger partial charge in [0, 0.05) is 23.4 Å². The third kappa shape index (κ3) is 5.13. The molecule has 6 heteroatoms. The van der Waals surface area contributed by atoms with E-state index in [1.165, 1.54) is 0 Å². The zero-order chi connectivity index (χ0) is 22.5. The SMILES string of the molecule is COc1cc(C(C)=O)ccc1OCCC(C)CN1CCC(c2noc3ccccc23)CC1. The molecule has 0 saturated carbocycles. The molecule has 4 rings (SSSR count). The first-order valence-corrected chi connectivity index (χ1v) is 11.4. The minimum atomic E-state index is 0.0176. The van der Waals surface area contributed by atoms with Crippen LogP contribution in [0, 0.1) is 5.92 Å². The van der Waals surface area contributed by atoms with E-state index in [1.54, 1.807) is 26.2 Å². The second-order valence-corrected chi connectivity index (χ2v) is 8.80. The van der Waals surface area contributed by atoms with Gasteiger partial charge in [0.1, 0.15) is 0 Å². The van der Waals surface area contributed by atoms with Crippen LogP contribution in [0.3, 0.4) is 0 Å². The molecule has 2 aromatic carbocycles. The van der Waals surface area contributed by atoms with Crippen molar-refractivity contribution in [2.45, 2.75) is 39.0 Å². The van der Waals surface area contributed by atoms with E-state index >= 15 is 0 Å². The van der Waals surface area contributed by atoms with E-state index < -0.39 is 0 Å². The van der Waals surface area contributed by atoms with Gasteiger partial charge < -0.3 is 18.9 Å². The number of hydrogen-bond acceptors (Lipinski definition) is 6. The third-order valence-corrected chi connectivity index (χ3v) is 6.39. The van der Waals surface area contributed by atoms with Crippen molar-refractivity contribution in [3.8, 4) is 11.5 Å². The number of Topliss-reactive ketones (excluding diaryl/α,β-unsaturated/α-hetero) is 1. The Morgan fingerprint density at radius 3 is 2.72 bits per heavy atom. The summed E-state index contributed by atoms with van der Waals surface area (Å²) in [7, 11) is 1.60. The maximum Gasteiger partial charge on any atom is 0.167 e. The van der Waals surface area contributed by atoms with Gasteiger partial charge in [-0.1, -0.05) is 24.2 Å². The van der Waals surface area contributed by atoms with Crippen molar-refractivity contribution >= 4 is 16.8 Å². The maximum absolute atomic E-state index is 11.6. The number of ketones is 1. The van der Waals surface area contributed by atoms with Gasteiger partial charge >= 0.3 is 0 Å². The summed E-state index contributed by atoms with van der Waals surface area (Å²) in [5.74, 6) is 2.31. The molecule has 1 unspecified atom stereocenters. The van der Waals surface area contributed by atoms with Crippen LogP contribution in [0.25, 0.3) is 11.0 Å². The molecule has 1 fully saturated rings. The molecule has 0 aliphatic carbocycles. The number of carbonyl (C=O) groups is 1. The Morgan fingerprint density at radius 2 is 1.97 bits per heavy atom. The molecule has 1 aliphatic rings. The predicted molar refractivity (Wildman–Crippen MR) is 125 cm³/mol. The Morgan fingerprint density at radius 1 is 1.19 bits per heavy atom. The lowest BCUT2D eigenvalue weighted by molar-refractivity contribution is 0.101. The summed E-state index contributed by atoms with van der Waals surface area (Å²) in [4.78, 5) is 14.1. The van der Waals surface area contributed by atoms with Crippen LogP contribution in [0.15, 0.2) is 47.0 Å². The first-order valence-electron chi connectivity index (χ1n) is 11.4. The van der Waals surface area contributed by atoms with Crippen molar-refractivity contribution in [3.05, 3.63) is 53.7 Å². The minimum absolute atomic E-state index is 0.0176. The number of para-hydroxylation sites is 1. The number of piperidine rings is 1. The van der Waals surface area contributed by atoms with Gasteiger partial charge in [-0.3, -0.25) is 4.79 Å². The van der Waals surface area contributed by atoms with Crippen LogP contribution in [0.4, 0.5) is 0 Å². The second-order valence-electron chi connectivity index (χ2n) is 8.80. The molecule has 1 aromatic heterocycles. The van der Waals surface area contributed by atoms with Crippen LogP contribution in [0.2, 0.25) is 0 Å². The number of benzene rings is 2. The Bertz CT molecular complexity index is 1050. The van der Waals surface area contributed by atoms with Crippen LogP contribution in [-0.4, -0.2) is 49.2 Å². The Balaban J connectivity index is 1.23. The lowest BCUT2D eigenvalue weighted by atomic mass is 9.91. The molecule has 0 bridgehead atoms. The Labute approximate surface area is 189 Å². The van der Waals surface area contributed by atoms with E-state index in [0.29, 0.717) is 35.5 Å². The molecule has 0 spiro atoms. The van der Waals surface area contributed by atoms with Crippen LogP contribution in [0.1, 0.15) is 55.1 Å². The molecule has 1 aliphatic heterocycles. The average molecular weight is 437 g/mol. The molecule has 0 N–H and O–H groups in total. The average Bonchev–Trinajstić information content (AvgIpc) is 3.24. The number of likely N-dealkylation sites (tertiary alicyclic amines) is 1. The molecule has 170 valence electrons. The largest absolute Gasteiger partial charge is 0.493 e. The monoisotopic (exact) mass is 436 g/mol. The van der Waals surface area contributed by atoms with Gasteiger partial charge in [-0.2, -0.15) is 0 Å². The van der Waals surface area contributed by atoms with Gasteiger partial charge in [0.15, 0.2) is 22.9 Å². The number of hydrogen-bond donors (Lipinski definition) is 0. The first-order chi connectivity index (χ1) is 15.5. The number of fused-ring (bicyclic) bond motifs is 1. The van der Waals surface area contributed by atoms with Gasteiger partial charge in [0.25, 0.3) is 0 Å². The highest BCUT2D eigenvalue weighted by Crippen LogP contribution is 2.33. The predicted octanol–water partition coefficient (Wildman–Crippen LogP) is 5.32. The van der Waals surface area contributed by atoms with Crippen molar-refractivity contribution in [2.75, 3.05) is 33.4 Å². The van der Waals surface area contributed by atoms with Gasteiger partial charge in [0.2, 0.25) is 0 Å². The zero-order valence-electron chi connectivity index (χ0n) is 19.2. The van der Waals surface area contributed by atoms with Crippen molar-refractivity contribution < 1.29 is 18.8 Å². The van der Waals surface area contributed by atoms with Crippen molar-refractivity contribution in [3.63, 3.8) is 0 Å². The number of carbonyl (C=O) groups excluding carboxylic acids is 1. The minimum Gasteiger partial charge on any atom is -0.493 e. The lowest BCUT2D eigenvalue weighted by Gasteiger charge is -2.33. The molecular weight excluding hydrogens is 404 g/mol. The molecule has 0 amide bonds. The smallest absolute Gasteiger partial charge is 0.167 e. The summed E-state index contributed by atoms with van der Waals surface area (Å²) in [6.07, 6.45) is 3.18. The van der Waals surface area contributed by atoms with E-state index in [2.05, 4.69) is 29.1 Å². The number of ether oxygens (including phenoxy) is 2. The number of nitrogens with zero attached hydrogens (tertiary/aromatic N) is 2. The summed E-state index contributed by atoms with van der Waals surface area (Å²) in [5.41, 5.74) is 2.63. The number of rotatable bonds is 9. The number of methoxy groups -OCH3 is 1. The van der Waals surface area contributed by atoms with Crippen LogP contribution in [-0.2, 0) is 0 Å². The molecule has 2 heterocycles. The lowest BCUT2D eigenvalue weighted by Crippen LogP contribution is -2.36. The highest BCUT2D eigenvalue weighted by molar-refractivity contribution is 5.94. The molecule has 1 saturated heterocycles. The molecular formula is C26H32N2O4. The van der Waals surface area contributed by atoms with E-state index in [-0.39, 0.29) is 5.78 Å². The molecule has 6 nitrogen and oxygen atoms in total. The Kier molecular flexibility index (Phi) is 7.10. The fourth-order valence-electron chi connectivity index (χ4n) is 4.50. The van der Waals surface area contributed by atoms with E-state index in [4.69, 9.17) is 14.0 Å². The summed E-state index contributed by atoms with van der Waals surface area (Å²) >= 11 is 0. The Hall–Kier alpha value is -2.86. The summed E-state index contributed by atoms with van der Waals surface area (Å²) < 4.78 is 16.8. The maximum atomic E-state index is 11.6. The zero-order valence-corrected chi connectivity index (χ0v) is 19.2. The summed E-state index contributed by atoms with van der Waals surface area (Å²) in [6, 6.07) is 13.5. The standard InChI is InChI=1S/C26H32N2O4/c1-18(12-15-31-24-9-8-21(19(2)29)16-25(24)30-3)17-28-13-10-20(11-14-28)26-22-6-4-5-7-23(22)32-27-26/h4-9,16,18,20H,10-15,17H2,1-3H3. The highest BCUT2D eigenvalue weighted by atomic mass is 16.5. The summed E-state index contributed by atoms with van der Waals surface area (Å²) in [5, 5.41) is 5.52. The van der Waals surface area contributed by atoms with Crippen molar-refractivity contribution in [2.24, 2.45) is 5.92 Å². The molecule has 32 heavy (non-hydrogen) atoms. The van der Waals surface area contributed by atoms with Crippen LogP contribution in [0.5, 0.6) is 11.5 Å². The van der Waals surface area contributed by atoms with Gasteiger partial charge in [-0.25, -0.2) is 0 Å². The molecule has 1 atom stereocenters. The van der Waals surface area contributed by atoms with Gasteiger partial charge in [-0.05, 0) is 75.5 Å². The van der Waals surface area contributed by atoms with Crippen LogP contribution < -0.4 is 9.47 Å². The normalized spacial score (nSPS) is 16.2. The second kappa shape index (κ2) is 10.2. The van der Waals surface area contributed by atoms with E-state index in [0.717, 1.165) is 55.6 Å². The first kappa shape index (κ1) is 22.3. The van der Waals surface area contributed by atoms with Gasteiger partial charge in [0.05, 0.1) is 19.4 Å².